The molecule has 0 bridgehead atoms. The van der Waals surface area contributed by atoms with Crippen molar-refractivity contribution in [1.29, 1.82) is 0 Å². The van der Waals surface area contributed by atoms with E-state index in [1.807, 2.05) is 0 Å². The monoisotopic (exact) mass is 241 g/mol. The quantitative estimate of drug-likeness (QED) is 0.524. The fourth-order valence-corrected chi connectivity index (χ4v) is 1.42. The van der Waals surface area contributed by atoms with Gasteiger partial charge in [-0.3, -0.25) is 0 Å². The van der Waals surface area contributed by atoms with Crippen LogP contribution < -0.4 is 5.46 Å². The third kappa shape index (κ3) is 1.80. The van der Waals surface area contributed by atoms with Gasteiger partial charge in [0.25, 0.3) is 0 Å². The molecule has 66 valence electrons. The van der Waals surface area contributed by atoms with Crippen molar-refractivity contribution >= 4 is 28.4 Å². The van der Waals surface area contributed by atoms with Crippen molar-refractivity contribution in [1.82, 2.24) is 0 Å². The molecule has 0 fully saturated rings. The van der Waals surface area contributed by atoms with Crippen LogP contribution in [0.2, 0.25) is 0 Å². The zero-order chi connectivity index (χ0) is 9.35. The minimum absolute atomic E-state index is 0.255. The van der Waals surface area contributed by atoms with Crippen molar-refractivity contribution in [3.63, 3.8) is 0 Å². The topological polar surface area (TPSA) is 0 Å². The van der Waals surface area contributed by atoms with Gasteiger partial charge in [-0.1, -0.05) is 33.5 Å². The van der Waals surface area contributed by atoms with Crippen LogP contribution in [0.3, 0.4) is 0 Å². The average Bonchev–Trinajstić information content (AvgIpc) is 1.82. The minimum Gasteiger partial charge on any atom is -0.445 e. The summed E-state index contributed by atoms with van der Waals surface area (Å²) in [5, 5.41) is 0. The summed E-state index contributed by atoms with van der Waals surface area (Å²) in [5.74, 6) is -1.24. The molecule has 1 aromatic rings. The lowest BCUT2D eigenvalue weighted by atomic mass is 9.80. The lowest BCUT2D eigenvalue weighted by molar-refractivity contribution is 0.493. The van der Waals surface area contributed by atoms with Gasteiger partial charge in [0.15, 0.2) is 0 Å². The largest absolute Gasteiger partial charge is 0.513 e. The van der Waals surface area contributed by atoms with E-state index in [1.165, 1.54) is 6.07 Å². The van der Waals surface area contributed by atoms with E-state index < -0.39 is 18.3 Å². The van der Waals surface area contributed by atoms with Gasteiger partial charge in [-0.2, -0.15) is 0 Å². The van der Waals surface area contributed by atoms with E-state index in [9.17, 15) is 17.3 Å². The molecule has 1 rings (SSSR count). The van der Waals surface area contributed by atoms with Gasteiger partial charge in [0, 0.05) is 0 Å². The van der Waals surface area contributed by atoms with Crippen LogP contribution in [0.15, 0.2) is 22.7 Å². The fraction of sp³-hybridized carbons (Fsp3) is 0. The van der Waals surface area contributed by atoms with E-state index in [2.05, 4.69) is 15.9 Å². The molecule has 0 spiro atoms. The fourth-order valence-electron chi connectivity index (χ4n) is 0.823. The van der Waals surface area contributed by atoms with E-state index in [-0.39, 0.29) is 4.47 Å². The second-order valence-electron chi connectivity index (χ2n) is 2.21. The van der Waals surface area contributed by atoms with Crippen molar-refractivity contribution < 1.29 is 17.3 Å². The maximum Gasteiger partial charge on any atom is 0.513 e. The first-order valence-corrected chi connectivity index (χ1v) is 3.86. The highest BCUT2D eigenvalue weighted by Crippen LogP contribution is 2.18. The molecule has 0 aliphatic rings. The lowest BCUT2D eigenvalue weighted by Crippen LogP contribution is -2.37. The second-order valence-corrected chi connectivity index (χ2v) is 3.06. The Morgan fingerprint density at radius 1 is 1.17 bits per heavy atom. The van der Waals surface area contributed by atoms with Gasteiger partial charge in [0.1, 0.15) is 0 Å². The molecule has 0 amide bonds. The summed E-state index contributed by atoms with van der Waals surface area (Å²) in [6.45, 7) is -5.28. The summed E-state index contributed by atoms with van der Waals surface area (Å²) in [6.07, 6.45) is 0. The molecule has 0 atom stereocenters. The molecule has 0 aliphatic carbocycles. The third-order valence-electron chi connectivity index (χ3n) is 1.33. The molecule has 1 aromatic carbocycles. The van der Waals surface area contributed by atoms with E-state index in [0.29, 0.717) is 0 Å². The summed E-state index contributed by atoms with van der Waals surface area (Å²) >= 11 is 2.64. The second kappa shape index (κ2) is 3.09. The highest BCUT2D eigenvalue weighted by atomic mass is 79.9. The highest BCUT2D eigenvalue weighted by molar-refractivity contribution is 9.10. The zero-order valence-electron chi connectivity index (χ0n) is 5.70. The summed E-state index contributed by atoms with van der Waals surface area (Å²) in [6, 6.07) is 3.16. The normalized spacial score (nSPS) is 11.8. The Morgan fingerprint density at radius 3 is 2.08 bits per heavy atom. The molecule has 12 heavy (non-hydrogen) atoms. The van der Waals surface area contributed by atoms with Gasteiger partial charge in [-0.15, -0.1) is 0 Å². The van der Waals surface area contributed by atoms with Gasteiger partial charge in [-0.05, 0) is 10.5 Å². The zero-order valence-corrected chi connectivity index (χ0v) is 7.29. The predicted molar refractivity (Wildman–Crippen MR) is 42.8 cm³/mol. The van der Waals surface area contributed by atoms with Crippen LogP contribution >= 0.6 is 15.9 Å². The Kier molecular flexibility index (Phi) is 2.46. The Hall–Kier alpha value is -0.515. The number of hydrogen-bond acceptors (Lipinski definition) is 0. The van der Waals surface area contributed by atoms with Crippen LogP contribution in [0.5, 0.6) is 0 Å². The van der Waals surface area contributed by atoms with Gasteiger partial charge in [0.2, 0.25) is 0 Å². The van der Waals surface area contributed by atoms with Crippen molar-refractivity contribution in [2.24, 2.45) is 0 Å². The van der Waals surface area contributed by atoms with E-state index in [4.69, 9.17) is 0 Å². The summed E-state index contributed by atoms with van der Waals surface area (Å²) in [5.41, 5.74) is -1.20. The molecule has 0 saturated heterocycles. The summed E-state index contributed by atoms with van der Waals surface area (Å²) in [7, 11) is 0. The first-order chi connectivity index (χ1) is 5.43. The van der Waals surface area contributed by atoms with Crippen molar-refractivity contribution in [3.8, 4) is 0 Å². The Balaban J connectivity index is 3.31. The highest BCUT2D eigenvalue weighted by Gasteiger charge is 2.30. The molecule has 6 heteroatoms. The van der Waals surface area contributed by atoms with Crippen LogP contribution in [0, 0.1) is 5.82 Å². The number of halogens is 5. The van der Waals surface area contributed by atoms with Crippen LogP contribution in [-0.4, -0.2) is 6.98 Å². The molecule has 0 saturated carbocycles. The first-order valence-electron chi connectivity index (χ1n) is 3.07. The molecule has 0 radical (unpaired) electrons. The number of rotatable bonds is 1. The van der Waals surface area contributed by atoms with Crippen molar-refractivity contribution in [2.45, 2.75) is 0 Å². The van der Waals surface area contributed by atoms with Crippen LogP contribution in [0.4, 0.5) is 17.3 Å². The molecular weight excluding hydrogens is 239 g/mol. The first kappa shape index (κ1) is 9.57. The van der Waals surface area contributed by atoms with E-state index >= 15 is 0 Å². The maximum atomic E-state index is 12.6. The van der Waals surface area contributed by atoms with Gasteiger partial charge in [-0.25, -0.2) is 4.39 Å². The van der Waals surface area contributed by atoms with Gasteiger partial charge < -0.3 is 12.9 Å². The predicted octanol–water partition coefficient (Wildman–Crippen LogP) is 2.64. The van der Waals surface area contributed by atoms with E-state index in [1.54, 1.807) is 0 Å². The lowest BCUT2D eigenvalue weighted by Gasteiger charge is -2.17. The summed E-state index contributed by atoms with van der Waals surface area (Å²) in [4.78, 5) is 0. The maximum absolute atomic E-state index is 12.6. The molecule has 0 aliphatic heterocycles. The smallest absolute Gasteiger partial charge is 0.445 e. The van der Waals surface area contributed by atoms with Gasteiger partial charge in [0.05, 0.1) is 5.82 Å². The average molecular weight is 242 g/mol. The Labute approximate surface area is 74.8 Å². The standard InChI is InChI=1S/C6H3BBrF4/c8-4-2-1-3-5(9)6(4)7(10,11)12/h1-3H/q-1. The van der Waals surface area contributed by atoms with Crippen LogP contribution in [0.25, 0.3) is 0 Å². The Morgan fingerprint density at radius 2 is 1.75 bits per heavy atom. The minimum atomic E-state index is -5.28. The van der Waals surface area contributed by atoms with E-state index in [0.717, 1.165) is 12.1 Å². The number of benzene rings is 1. The Bertz CT molecular complexity index is 276. The molecule has 0 N–H and O–H groups in total. The molecule has 0 nitrogen and oxygen atoms in total. The SMILES string of the molecule is Fc1cccc(Br)c1[B-](F)(F)F. The van der Waals surface area contributed by atoms with Crippen molar-refractivity contribution in [3.05, 3.63) is 28.5 Å². The van der Waals surface area contributed by atoms with Crippen molar-refractivity contribution in [2.75, 3.05) is 0 Å². The third-order valence-corrected chi connectivity index (χ3v) is 2.02. The number of hydrogen-bond donors (Lipinski definition) is 0. The molecular formula is C6H3BBrF4-. The van der Waals surface area contributed by atoms with Crippen LogP contribution in [0.1, 0.15) is 0 Å². The van der Waals surface area contributed by atoms with Gasteiger partial charge >= 0.3 is 6.98 Å². The van der Waals surface area contributed by atoms with Crippen LogP contribution in [-0.2, 0) is 0 Å². The molecule has 0 unspecified atom stereocenters. The summed E-state index contributed by atoms with van der Waals surface area (Å²) < 4.78 is 48.7. The molecule has 0 aromatic heterocycles. The molecule has 0 heterocycles.